The Hall–Kier alpha value is -1.73. The zero-order valence-corrected chi connectivity index (χ0v) is 10.8. The quantitative estimate of drug-likeness (QED) is 0.821. The fraction of sp³-hybridized carbons (Fsp3) is 0.533. The average Bonchev–Trinajstić information content (AvgIpc) is 2.46. The minimum atomic E-state index is 0.0489. The molecule has 0 aromatic carbocycles. The van der Waals surface area contributed by atoms with E-state index >= 15 is 0 Å². The molecule has 0 spiro atoms. The van der Waals surface area contributed by atoms with E-state index in [1.54, 1.807) is 18.3 Å². The maximum Gasteiger partial charge on any atom is 0.168 e. The van der Waals surface area contributed by atoms with Gasteiger partial charge >= 0.3 is 0 Å². The van der Waals surface area contributed by atoms with Crippen LogP contribution in [0.5, 0.6) is 0 Å². The number of nitrogens with zero attached hydrogens (tertiary/aromatic N) is 2. The molecule has 4 nitrogen and oxygen atoms in total. The molecule has 19 heavy (non-hydrogen) atoms. The molecule has 3 heterocycles. The van der Waals surface area contributed by atoms with Crippen LogP contribution in [-0.2, 0) is 0 Å². The highest BCUT2D eigenvalue weighted by molar-refractivity contribution is 5.99. The van der Waals surface area contributed by atoms with Gasteiger partial charge in [0.05, 0.1) is 5.56 Å². The number of ketones is 1. The molecule has 0 aliphatic carbocycles. The zero-order chi connectivity index (χ0) is 13.2. The summed E-state index contributed by atoms with van der Waals surface area (Å²) in [6, 6.07) is 6.43. The van der Waals surface area contributed by atoms with Gasteiger partial charge in [-0.1, -0.05) is 6.42 Å². The van der Waals surface area contributed by atoms with Crippen LogP contribution in [0, 0.1) is 17.2 Å². The molecule has 1 aromatic rings. The second-order valence-corrected chi connectivity index (χ2v) is 5.54. The first kappa shape index (κ1) is 12.3. The predicted octanol–water partition coefficient (Wildman–Crippen LogP) is 2.06. The molecule has 98 valence electrons. The highest BCUT2D eigenvalue weighted by Crippen LogP contribution is 2.32. The van der Waals surface area contributed by atoms with E-state index < -0.39 is 0 Å². The van der Waals surface area contributed by atoms with Crippen LogP contribution in [0.25, 0.3) is 0 Å². The van der Waals surface area contributed by atoms with Crippen LogP contribution in [0.4, 0.5) is 0 Å². The summed E-state index contributed by atoms with van der Waals surface area (Å²) in [7, 11) is 0. The molecule has 2 fully saturated rings. The topological polar surface area (TPSA) is 65.8 Å². The van der Waals surface area contributed by atoms with Crippen LogP contribution in [0.15, 0.2) is 18.3 Å². The van der Waals surface area contributed by atoms with Crippen LogP contribution >= 0.6 is 0 Å². The Balaban J connectivity index is 1.82. The van der Waals surface area contributed by atoms with Crippen LogP contribution in [0.3, 0.4) is 0 Å². The fourth-order valence-electron chi connectivity index (χ4n) is 3.39. The molecule has 1 N–H and O–H groups in total. The molecule has 4 heteroatoms. The molecular weight excluding hydrogens is 238 g/mol. The van der Waals surface area contributed by atoms with Crippen molar-refractivity contribution >= 4 is 5.78 Å². The summed E-state index contributed by atoms with van der Waals surface area (Å²) in [5, 5.41) is 12.6. The third-order valence-electron chi connectivity index (χ3n) is 4.26. The molecule has 2 atom stereocenters. The smallest absolute Gasteiger partial charge is 0.168 e. The van der Waals surface area contributed by atoms with Crippen LogP contribution < -0.4 is 5.32 Å². The van der Waals surface area contributed by atoms with Crippen molar-refractivity contribution in [2.24, 2.45) is 5.92 Å². The van der Waals surface area contributed by atoms with E-state index in [9.17, 15) is 4.79 Å². The van der Waals surface area contributed by atoms with E-state index in [0.29, 0.717) is 17.6 Å². The molecule has 2 bridgehead atoms. The first-order valence-corrected chi connectivity index (χ1v) is 6.93. The Morgan fingerprint density at radius 1 is 1.37 bits per heavy atom. The van der Waals surface area contributed by atoms with Crippen molar-refractivity contribution in [1.29, 1.82) is 5.26 Å². The van der Waals surface area contributed by atoms with Gasteiger partial charge in [-0.3, -0.25) is 4.79 Å². The standard InChI is InChI=1S/C15H17N3O/c16-9-14-13(5-2-6-17-14)15(19)10-7-11-3-1-4-12(8-10)18-11/h2,5-6,10-12,18H,1,3-4,7-8H2. The van der Waals surface area contributed by atoms with Gasteiger partial charge in [-0.05, 0) is 37.8 Å². The number of fused-ring (bicyclic) bond motifs is 2. The van der Waals surface area contributed by atoms with Crippen molar-refractivity contribution < 1.29 is 4.79 Å². The predicted molar refractivity (Wildman–Crippen MR) is 70.6 cm³/mol. The number of aromatic nitrogens is 1. The number of pyridine rings is 1. The molecule has 3 rings (SSSR count). The minimum absolute atomic E-state index is 0.0489. The van der Waals surface area contributed by atoms with Crippen molar-refractivity contribution in [2.45, 2.75) is 44.2 Å². The summed E-state index contributed by atoms with van der Waals surface area (Å²) in [6.07, 6.45) is 6.95. The Kier molecular flexibility index (Phi) is 3.31. The Morgan fingerprint density at radius 2 is 2.11 bits per heavy atom. The molecule has 0 saturated carbocycles. The van der Waals surface area contributed by atoms with E-state index in [4.69, 9.17) is 5.26 Å². The van der Waals surface area contributed by atoms with Gasteiger partial charge in [0.25, 0.3) is 0 Å². The van der Waals surface area contributed by atoms with E-state index in [1.807, 2.05) is 6.07 Å². The van der Waals surface area contributed by atoms with Gasteiger partial charge in [0.1, 0.15) is 6.07 Å². The summed E-state index contributed by atoms with van der Waals surface area (Å²) in [4.78, 5) is 16.6. The number of piperidine rings is 2. The van der Waals surface area contributed by atoms with Gasteiger partial charge < -0.3 is 5.32 Å². The lowest BCUT2D eigenvalue weighted by atomic mass is 9.77. The largest absolute Gasteiger partial charge is 0.311 e. The normalized spacial score (nSPS) is 29.5. The lowest BCUT2D eigenvalue weighted by Crippen LogP contribution is -2.50. The van der Waals surface area contributed by atoms with Crippen molar-refractivity contribution in [3.63, 3.8) is 0 Å². The SMILES string of the molecule is N#Cc1ncccc1C(=O)C1CC2CCCC(C1)N2. The second kappa shape index (κ2) is 5.10. The lowest BCUT2D eigenvalue weighted by Gasteiger charge is -2.39. The molecule has 2 unspecified atom stereocenters. The van der Waals surface area contributed by atoms with E-state index in [-0.39, 0.29) is 17.4 Å². The molecule has 1 aromatic heterocycles. The number of Topliss-reactive ketones (excluding diaryl/α,β-unsaturated/α-hetero) is 1. The lowest BCUT2D eigenvalue weighted by molar-refractivity contribution is 0.0824. The summed E-state index contributed by atoms with van der Waals surface area (Å²) in [5.74, 6) is 0.149. The van der Waals surface area contributed by atoms with E-state index in [1.165, 1.54) is 19.3 Å². The maximum atomic E-state index is 12.6. The van der Waals surface area contributed by atoms with Gasteiger partial charge in [-0.25, -0.2) is 4.98 Å². The third kappa shape index (κ3) is 2.39. The molecular formula is C15H17N3O. The minimum Gasteiger partial charge on any atom is -0.311 e. The summed E-state index contributed by atoms with van der Waals surface area (Å²) >= 11 is 0. The maximum absolute atomic E-state index is 12.6. The molecule has 2 aliphatic heterocycles. The van der Waals surface area contributed by atoms with Crippen molar-refractivity contribution in [1.82, 2.24) is 10.3 Å². The first-order chi connectivity index (χ1) is 9.28. The number of carbonyl (C=O) groups is 1. The number of nitriles is 1. The fourth-order valence-corrected chi connectivity index (χ4v) is 3.39. The van der Waals surface area contributed by atoms with Crippen LogP contribution in [0.1, 0.15) is 48.2 Å². The summed E-state index contributed by atoms with van der Waals surface area (Å²) < 4.78 is 0. The third-order valence-corrected chi connectivity index (χ3v) is 4.26. The van der Waals surface area contributed by atoms with Crippen LogP contribution in [-0.4, -0.2) is 22.9 Å². The molecule has 2 saturated heterocycles. The molecule has 0 amide bonds. The Bertz CT molecular complexity index is 522. The zero-order valence-electron chi connectivity index (χ0n) is 10.8. The van der Waals surface area contributed by atoms with Gasteiger partial charge in [0.2, 0.25) is 0 Å². The summed E-state index contributed by atoms with van der Waals surface area (Å²) in [6.45, 7) is 0. The van der Waals surface area contributed by atoms with Crippen molar-refractivity contribution in [3.8, 4) is 6.07 Å². The van der Waals surface area contributed by atoms with Gasteiger partial charge in [-0.2, -0.15) is 5.26 Å². The molecule has 0 radical (unpaired) electrons. The monoisotopic (exact) mass is 255 g/mol. The first-order valence-electron chi connectivity index (χ1n) is 6.93. The number of hydrogen-bond donors (Lipinski definition) is 1. The Morgan fingerprint density at radius 3 is 2.79 bits per heavy atom. The number of carbonyl (C=O) groups excluding carboxylic acids is 1. The van der Waals surface area contributed by atoms with Crippen molar-refractivity contribution in [3.05, 3.63) is 29.6 Å². The number of rotatable bonds is 2. The van der Waals surface area contributed by atoms with Gasteiger partial charge in [0.15, 0.2) is 11.5 Å². The average molecular weight is 255 g/mol. The van der Waals surface area contributed by atoms with Gasteiger partial charge in [0, 0.05) is 24.2 Å². The second-order valence-electron chi connectivity index (χ2n) is 5.54. The van der Waals surface area contributed by atoms with Gasteiger partial charge in [-0.15, -0.1) is 0 Å². The number of nitrogens with one attached hydrogen (secondary N) is 1. The highest BCUT2D eigenvalue weighted by atomic mass is 16.1. The summed E-state index contributed by atoms with van der Waals surface area (Å²) in [5.41, 5.74) is 0.756. The number of hydrogen-bond acceptors (Lipinski definition) is 4. The van der Waals surface area contributed by atoms with Crippen molar-refractivity contribution in [2.75, 3.05) is 0 Å². The highest BCUT2D eigenvalue weighted by Gasteiger charge is 2.35. The Labute approximate surface area is 112 Å². The van der Waals surface area contributed by atoms with Crippen LogP contribution in [0.2, 0.25) is 0 Å². The van der Waals surface area contributed by atoms with E-state index in [2.05, 4.69) is 10.3 Å². The van der Waals surface area contributed by atoms with E-state index in [0.717, 1.165) is 12.8 Å². The molecule has 2 aliphatic rings.